The van der Waals surface area contributed by atoms with Crippen LogP contribution in [-0.2, 0) is 19.1 Å². The van der Waals surface area contributed by atoms with E-state index in [-0.39, 0.29) is 24.7 Å². The number of amides is 1. The Balaban J connectivity index is 1.24. The monoisotopic (exact) mass is 733 g/mol. The van der Waals surface area contributed by atoms with Gasteiger partial charge in [0.05, 0.1) is 31.8 Å². The second-order valence-corrected chi connectivity index (χ2v) is 17.1. The molecule has 1 atom stereocenters. The summed E-state index contributed by atoms with van der Waals surface area (Å²) < 4.78 is 19.7. The van der Waals surface area contributed by atoms with Crippen LogP contribution in [0.3, 0.4) is 0 Å². The Kier molecular flexibility index (Phi) is 11.1. The van der Waals surface area contributed by atoms with Crippen molar-refractivity contribution in [2.45, 2.75) is 99.3 Å². The van der Waals surface area contributed by atoms with Gasteiger partial charge in [0, 0.05) is 26.7 Å². The Bertz CT molecular complexity index is 1920. The average molecular weight is 734 g/mol. The summed E-state index contributed by atoms with van der Waals surface area (Å²) in [5, 5.41) is 13.5. The van der Waals surface area contributed by atoms with Crippen molar-refractivity contribution in [1.29, 1.82) is 0 Å². The number of thiophene rings is 1. The third-order valence-electron chi connectivity index (χ3n) is 8.25. The van der Waals surface area contributed by atoms with Crippen LogP contribution in [-0.4, -0.2) is 56.8 Å². The van der Waals surface area contributed by atoms with E-state index in [4.69, 9.17) is 30.8 Å². The molecule has 0 bridgehead atoms. The molecule has 5 rings (SSSR count). The first kappa shape index (κ1) is 38.2. The van der Waals surface area contributed by atoms with E-state index in [2.05, 4.69) is 29.4 Å². The minimum absolute atomic E-state index is 0.0646. The number of rotatable bonds is 12. The predicted octanol–water partition coefficient (Wildman–Crippen LogP) is 8.76. The third-order valence-corrected chi connectivity index (χ3v) is 9.70. The topological polar surface area (TPSA) is 117 Å². The van der Waals surface area contributed by atoms with Gasteiger partial charge in [-0.25, -0.2) is 0 Å². The fourth-order valence-corrected chi connectivity index (χ4v) is 7.21. The molecule has 2 aromatic heterocycles. The van der Waals surface area contributed by atoms with E-state index >= 15 is 0 Å². The van der Waals surface area contributed by atoms with E-state index in [1.807, 2.05) is 96.4 Å². The molecular weight excluding hydrogens is 686 g/mol. The molecule has 272 valence electrons. The van der Waals surface area contributed by atoms with Gasteiger partial charge in [0.15, 0.2) is 5.82 Å². The zero-order valence-electron chi connectivity index (χ0n) is 31.1. The maximum absolute atomic E-state index is 13.5. The Labute approximate surface area is 309 Å². The smallest absolute Gasteiger partial charge is 0.306 e. The maximum Gasteiger partial charge on any atom is 0.306 e. The summed E-state index contributed by atoms with van der Waals surface area (Å²) in [7, 11) is 0. The molecule has 51 heavy (non-hydrogen) atoms. The quantitative estimate of drug-likeness (QED) is 0.145. The van der Waals surface area contributed by atoms with Gasteiger partial charge in [-0.1, -0.05) is 37.6 Å². The van der Waals surface area contributed by atoms with Gasteiger partial charge < -0.3 is 19.5 Å². The molecule has 0 saturated carbocycles. The number of hydrogen-bond acceptors (Lipinski definition) is 9. The lowest BCUT2D eigenvalue weighted by atomic mass is 9.90. The molecule has 0 radical (unpaired) electrons. The number of carbonyl (C=O) groups excluding carboxylic acids is 2. The van der Waals surface area contributed by atoms with Crippen LogP contribution in [0.5, 0.6) is 5.75 Å². The normalized spacial score (nSPS) is 14.6. The lowest BCUT2D eigenvalue weighted by Gasteiger charge is -2.30. The van der Waals surface area contributed by atoms with Crippen molar-refractivity contribution < 1.29 is 23.8 Å². The van der Waals surface area contributed by atoms with Gasteiger partial charge in [0.1, 0.15) is 33.8 Å². The molecule has 1 amide bonds. The van der Waals surface area contributed by atoms with Crippen molar-refractivity contribution >= 4 is 46.2 Å². The Morgan fingerprint density at radius 1 is 0.922 bits per heavy atom. The van der Waals surface area contributed by atoms with Gasteiger partial charge in [-0.15, -0.1) is 21.5 Å². The minimum Gasteiger partial charge on any atom is -0.485 e. The number of nitrogens with one attached hydrogen (secondary N) is 1. The van der Waals surface area contributed by atoms with E-state index in [0.717, 1.165) is 33.2 Å². The summed E-state index contributed by atoms with van der Waals surface area (Å²) in [6, 6.07) is 14.3. The highest BCUT2D eigenvalue weighted by Gasteiger charge is 2.33. The highest BCUT2D eigenvalue weighted by molar-refractivity contribution is 7.15. The van der Waals surface area contributed by atoms with Crippen molar-refractivity contribution in [3.05, 3.63) is 86.8 Å². The highest BCUT2D eigenvalue weighted by atomic mass is 35.5. The first-order valence-corrected chi connectivity index (χ1v) is 18.3. The lowest BCUT2D eigenvalue weighted by Crippen LogP contribution is -2.36. The van der Waals surface area contributed by atoms with Crippen LogP contribution in [0.15, 0.2) is 53.5 Å². The van der Waals surface area contributed by atoms with Crippen molar-refractivity contribution in [2.75, 3.05) is 18.5 Å². The average Bonchev–Trinajstić information content (AvgIpc) is 3.48. The summed E-state index contributed by atoms with van der Waals surface area (Å²) in [6.45, 7) is 20.2. The fourth-order valence-electron chi connectivity index (χ4n) is 5.87. The van der Waals surface area contributed by atoms with Crippen LogP contribution in [0.1, 0.15) is 101 Å². The van der Waals surface area contributed by atoms with Crippen molar-refractivity contribution in [2.24, 2.45) is 10.4 Å². The molecule has 0 aliphatic carbocycles. The van der Waals surface area contributed by atoms with Crippen molar-refractivity contribution in [1.82, 2.24) is 14.8 Å². The molecule has 1 aliphatic heterocycles. The highest BCUT2D eigenvalue weighted by Crippen LogP contribution is 2.40. The number of esters is 1. The number of ether oxygens (including phenoxy) is 3. The molecule has 1 N–H and O–H groups in total. The Morgan fingerprint density at radius 2 is 1.59 bits per heavy atom. The van der Waals surface area contributed by atoms with E-state index in [1.54, 1.807) is 23.5 Å². The molecule has 1 aliphatic rings. The number of aromatic nitrogens is 3. The lowest BCUT2D eigenvalue weighted by molar-refractivity contribution is -0.158. The molecule has 0 unspecified atom stereocenters. The van der Waals surface area contributed by atoms with E-state index < -0.39 is 22.7 Å². The number of fused-ring (bicyclic) bond motifs is 3. The number of nitrogens with zero attached hydrogens (tertiary/aromatic N) is 4. The van der Waals surface area contributed by atoms with Gasteiger partial charge in [-0.2, -0.15) is 0 Å². The molecule has 0 saturated heterocycles. The number of carbonyl (C=O) groups is 2. The second-order valence-electron chi connectivity index (χ2n) is 15.5. The predicted molar refractivity (Wildman–Crippen MR) is 203 cm³/mol. The molecule has 3 heterocycles. The molecule has 2 aromatic carbocycles. The Hall–Kier alpha value is -4.06. The van der Waals surface area contributed by atoms with Crippen molar-refractivity contribution in [3.8, 4) is 10.8 Å². The van der Waals surface area contributed by atoms with Gasteiger partial charge in [0.25, 0.3) is 0 Å². The maximum atomic E-state index is 13.5. The standard InChI is InChI=1S/C39H48ClN5O5S/c1-23-24(2)51-36-33(23)34(26-11-13-27(40)14-12-26)42-30(35-44-43-25(3)45(35)36)19-31(46)41-28-15-17-29(18-16-28)49-39(9,10)22-48-21-38(7,8)20-32(47)50-37(4,5)6/h11-18,30H,19-22H2,1-10H3,(H,41,46)/t30-/m1/s1. The first-order chi connectivity index (χ1) is 23.8. The summed E-state index contributed by atoms with van der Waals surface area (Å²) in [4.78, 5) is 32.2. The SMILES string of the molecule is Cc1sc2c(c1C)C(c1ccc(Cl)cc1)=N[C@H](CC(=O)Nc1ccc(OC(C)(C)COCC(C)(C)CC(=O)OC(C)(C)C)cc1)c1nnc(C)n1-2. The number of halogens is 1. The summed E-state index contributed by atoms with van der Waals surface area (Å²) in [5.41, 5.74) is 2.93. The molecule has 12 heteroatoms. The Morgan fingerprint density at radius 3 is 2.24 bits per heavy atom. The largest absolute Gasteiger partial charge is 0.485 e. The summed E-state index contributed by atoms with van der Waals surface area (Å²) >= 11 is 7.90. The molecule has 0 fully saturated rings. The third kappa shape index (κ3) is 9.64. The van der Waals surface area contributed by atoms with Crippen LogP contribution in [0.2, 0.25) is 5.02 Å². The molecular formula is C39H48ClN5O5S. The van der Waals surface area contributed by atoms with E-state index in [0.29, 0.717) is 35.5 Å². The number of benzene rings is 2. The fraction of sp³-hybridized carbons (Fsp3) is 0.462. The van der Waals surface area contributed by atoms with Crippen molar-refractivity contribution in [3.63, 3.8) is 0 Å². The van der Waals surface area contributed by atoms with Crippen LogP contribution >= 0.6 is 22.9 Å². The molecule has 4 aromatic rings. The minimum atomic E-state index is -0.640. The van der Waals surface area contributed by atoms with E-state index in [9.17, 15) is 9.59 Å². The summed E-state index contributed by atoms with van der Waals surface area (Å²) in [5.74, 6) is 1.54. The zero-order valence-corrected chi connectivity index (χ0v) is 32.7. The first-order valence-electron chi connectivity index (χ1n) is 17.1. The number of anilines is 1. The molecule has 0 spiro atoms. The van der Waals surface area contributed by atoms with Crippen LogP contribution in [0.25, 0.3) is 5.00 Å². The van der Waals surface area contributed by atoms with Gasteiger partial charge in [0.2, 0.25) is 5.91 Å². The van der Waals surface area contributed by atoms with Crippen LogP contribution in [0.4, 0.5) is 5.69 Å². The van der Waals surface area contributed by atoms with E-state index in [1.165, 1.54) is 4.88 Å². The van der Waals surface area contributed by atoms with Gasteiger partial charge >= 0.3 is 5.97 Å². The number of aryl methyl sites for hydroxylation is 2. The van der Waals surface area contributed by atoms with Crippen LogP contribution in [0, 0.1) is 26.2 Å². The van der Waals surface area contributed by atoms with Crippen LogP contribution < -0.4 is 10.1 Å². The zero-order chi connectivity index (χ0) is 37.3. The second kappa shape index (κ2) is 14.9. The molecule has 10 nitrogen and oxygen atoms in total. The number of aliphatic imine (C=N–C) groups is 1. The summed E-state index contributed by atoms with van der Waals surface area (Å²) in [6.07, 6.45) is 0.318. The van der Waals surface area contributed by atoms with Gasteiger partial charge in [-0.05, 0) is 103 Å². The number of hydrogen-bond donors (Lipinski definition) is 1. The van der Waals surface area contributed by atoms with Gasteiger partial charge in [-0.3, -0.25) is 19.1 Å².